The van der Waals surface area contributed by atoms with Gasteiger partial charge in [-0.05, 0) is 38.1 Å². The summed E-state index contributed by atoms with van der Waals surface area (Å²) in [6, 6.07) is 50.9. The molecule has 3 N–H and O–H groups in total. The molecule has 0 aliphatic heterocycles. The van der Waals surface area contributed by atoms with Crippen LogP contribution in [0, 0.1) is 0 Å². The molecule has 0 aliphatic rings. The van der Waals surface area contributed by atoms with E-state index in [1.54, 1.807) is 80.6 Å². The Morgan fingerprint density at radius 2 is 0.918 bits per heavy atom. The van der Waals surface area contributed by atoms with Crippen LogP contribution in [0.3, 0.4) is 0 Å². The molecule has 0 amide bonds. The Kier molecular flexibility index (Phi) is 19.9. The van der Waals surface area contributed by atoms with Crippen molar-refractivity contribution in [3.63, 3.8) is 0 Å². The molecule has 2 aromatic heterocycles. The maximum Gasteiger partial charge on any atom is 1.00 e. The number of aromatic carboxylic acids is 1. The molecule has 0 saturated carbocycles. The first-order chi connectivity index (χ1) is 28.7. The normalized spacial score (nSPS) is 9.80. The number of fused-ring (bicyclic) bond motifs is 2. The monoisotopic (exact) mass is 830 g/mol. The molecule has 6 aromatic carbocycles. The molecule has 0 saturated heterocycles. The Labute approximate surface area is 374 Å². The van der Waals surface area contributed by atoms with Crippen molar-refractivity contribution < 1.29 is 82.7 Å². The van der Waals surface area contributed by atoms with Crippen LogP contribution in [0.4, 0.5) is 0 Å². The van der Waals surface area contributed by atoms with Crippen LogP contribution >= 0.6 is 0 Å². The van der Waals surface area contributed by atoms with E-state index in [4.69, 9.17) is 18.7 Å². The van der Waals surface area contributed by atoms with Crippen LogP contribution in [0.15, 0.2) is 179 Å². The maximum absolute atomic E-state index is 12.2. The number of carboxylic acid groups (broad SMARTS) is 1. The van der Waals surface area contributed by atoms with Crippen molar-refractivity contribution in [3.05, 3.63) is 187 Å². The van der Waals surface area contributed by atoms with Gasteiger partial charge in [-0.3, -0.25) is 9.59 Å². The van der Waals surface area contributed by atoms with E-state index in [1.165, 1.54) is 0 Å². The third-order valence-electron chi connectivity index (χ3n) is 8.42. The molecule has 12 heteroatoms. The van der Waals surface area contributed by atoms with Crippen molar-refractivity contribution in [1.82, 2.24) is 0 Å². The van der Waals surface area contributed by atoms with Gasteiger partial charge in [0.05, 0.1) is 13.2 Å². The van der Waals surface area contributed by atoms with Crippen LogP contribution in [0.5, 0.6) is 5.75 Å². The fourth-order valence-corrected chi connectivity index (χ4v) is 5.79. The molecule has 11 nitrogen and oxygen atoms in total. The molecule has 0 spiro atoms. The van der Waals surface area contributed by atoms with Gasteiger partial charge in [-0.25, -0.2) is 9.59 Å². The number of hydrogen-bond donors (Lipinski definition) is 2. The third kappa shape index (κ3) is 13.6. The molecule has 0 bridgehead atoms. The number of para-hydroxylation sites is 3. The van der Waals surface area contributed by atoms with E-state index in [1.807, 2.05) is 103 Å². The van der Waals surface area contributed by atoms with Gasteiger partial charge < -0.3 is 34.0 Å². The summed E-state index contributed by atoms with van der Waals surface area (Å²) in [6.07, 6.45) is -0.183. The fraction of sp³-hybridized carbons (Fsp3) is 0.102. The van der Waals surface area contributed by atoms with Crippen LogP contribution < -0.4 is 29.6 Å². The van der Waals surface area contributed by atoms with Crippen LogP contribution in [-0.4, -0.2) is 52.6 Å². The van der Waals surface area contributed by atoms with E-state index in [2.05, 4.69) is 4.74 Å². The molecule has 0 aliphatic carbocycles. The predicted octanol–water partition coefficient (Wildman–Crippen LogP) is 8.12. The van der Waals surface area contributed by atoms with Crippen molar-refractivity contribution in [1.29, 1.82) is 0 Å². The van der Waals surface area contributed by atoms with Gasteiger partial charge in [0.1, 0.15) is 46.0 Å². The summed E-state index contributed by atoms with van der Waals surface area (Å²) in [5, 5.41) is 19.4. The Morgan fingerprint density at radius 3 is 1.34 bits per heavy atom. The molecule has 0 unspecified atom stereocenters. The molecule has 8 aromatic rings. The van der Waals surface area contributed by atoms with Gasteiger partial charge in [-0.1, -0.05) is 146 Å². The number of carboxylic acids is 1. The smallest absolute Gasteiger partial charge is 0.870 e. The van der Waals surface area contributed by atoms with Gasteiger partial charge in [-0.2, -0.15) is 0 Å². The largest absolute Gasteiger partial charge is 1.00 e. The van der Waals surface area contributed by atoms with Crippen LogP contribution in [0.2, 0.25) is 0 Å². The minimum absolute atomic E-state index is 0. The predicted molar refractivity (Wildman–Crippen MR) is 228 cm³/mol. The van der Waals surface area contributed by atoms with Gasteiger partial charge in [0.25, 0.3) is 0 Å². The van der Waals surface area contributed by atoms with Crippen molar-refractivity contribution >= 4 is 45.6 Å². The second-order valence-electron chi connectivity index (χ2n) is 12.5. The summed E-state index contributed by atoms with van der Waals surface area (Å²) < 4.78 is 21.3. The number of ketones is 1. The van der Waals surface area contributed by atoms with Crippen LogP contribution in [0.25, 0.3) is 44.6 Å². The number of phenolic OH excluding ortho intramolecular Hbond substituents is 1. The average molecular weight is 831 g/mol. The number of furan rings is 2. The molecule has 0 atom stereocenters. The van der Waals surface area contributed by atoms with E-state index >= 15 is 0 Å². The molecule has 0 radical (unpaired) electrons. The molecule has 0 fully saturated rings. The van der Waals surface area contributed by atoms with E-state index < -0.39 is 11.9 Å². The summed E-state index contributed by atoms with van der Waals surface area (Å²) in [7, 11) is 0. The van der Waals surface area contributed by atoms with Crippen LogP contribution in [-0.2, 0) is 14.3 Å². The zero-order valence-corrected chi connectivity index (χ0v) is 35.9. The Balaban J connectivity index is 0.000000225. The second kappa shape index (κ2) is 25.0. The number of hydrogen-bond acceptors (Lipinski definition) is 10. The number of benzene rings is 6. The minimum atomic E-state index is -0.973. The Bertz CT molecular complexity index is 2590. The topological polar surface area (TPSA) is 183 Å². The van der Waals surface area contributed by atoms with Gasteiger partial charge in [-0.15, -0.1) is 0 Å². The van der Waals surface area contributed by atoms with Gasteiger partial charge in [0.15, 0.2) is 5.78 Å². The summed E-state index contributed by atoms with van der Waals surface area (Å²) in [6.45, 7) is 4.15. The average Bonchev–Trinajstić information content (AvgIpc) is 3.86. The van der Waals surface area contributed by atoms with E-state index in [0.717, 1.165) is 16.5 Å². The molecule has 306 valence electrons. The number of Topliss-reactive ketones (excluding diaryl/α,β-unsaturated/α-hetero) is 1. The van der Waals surface area contributed by atoms with Crippen molar-refractivity contribution in [2.24, 2.45) is 0 Å². The number of carbonyl (C=O) groups excluding carboxylic acids is 3. The molecule has 2 heterocycles. The zero-order valence-electron chi connectivity index (χ0n) is 33.9. The van der Waals surface area contributed by atoms with Crippen molar-refractivity contribution in [3.8, 4) is 28.4 Å². The number of rotatable bonds is 9. The number of ether oxygens (including phenoxy) is 2. The van der Waals surface area contributed by atoms with E-state index in [-0.39, 0.29) is 58.8 Å². The second-order valence-corrected chi connectivity index (χ2v) is 12.5. The molecular weight excluding hydrogens is 788 g/mol. The summed E-state index contributed by atoms with van der Waals surface area (Å²) in [4.78, 5) is 46.1. The maximum atomic E-state index is 12.2. The van der Waals surface area contributed by atoms with Gasteiger partial charge in [0.2, 0.25) is 0 Å². The van der Waals surface area contributed by atoms with Gasteiger partial charge >= 0.3 is 47.5 Å². The molecular formula is C49H43NaO11. The number of phenols is 1. The number of esters is 2. The van der Waals surface area contributed by atoms with E-state index in [0.29, 0.717) is 58.2 Å². The summed E-state index contributed by atoms with van der Waals surface area (Å²) >= 11 is 0. The number of carbonyl (C=O) groups is 4. The van der Waals surface area contributed by atoms with Crippen molar-refractivity contribution in [2.75, 3.05) is 13.2 Å². The van der Waals surface area contributed by atoms with Crippen LogP contribution in [0.1, 0.15) is 51.3 Å². The summed E-state index contributed by atoms with van der Waals surface area (Å²) in [5.41, 5.74) is 4.17. The summed E-state index contributed by atoms with van der Waals surface area (Å²) in [5.74, 6) is -0.711. The molecule has 61 heavy (non-hydrogen) atoms. The first-order valence-corrected chi connectivity index (χ1v) is 18.7. The number of aromatic hydroxyl groups is 1. The zero-order chi connectivity index (χ0) is 42.0. The standard InChI is InChI=1S/C17H14O3.C15H10O3.C11H12O3.C6H6O.Na.H2O/c1-2-19-17(18)15-13-10-6-7-11-14(13)20-16(15)12-8-4-3-5-9-12;16-15(17)13-11-8-4-5-9-12(11)18-14(13)10-6-2-1-3-7-10;1-2-14-11(13)8-10(12)9-6-4-3-5-7-9;7-6-4-2-1-3-5-6;;/h3-11H,2H2,1H3;1-9H,(H,16,17);3-7H,2,8H2,1H3;1-5,7H;;1H2/q;;;;+1;/p-1. The fourth-order valence-electron chi connectivity index (χ4n) is 5.79. The van der Waals surface area contributed by atoms with Crippen molar-refractivity contribution in [2.45, 2.75) is 20.3 Å². The third-order valence-corrected chi connectivity index (χ3v) is 8.42. The minimum Gasteiger partial charge on any atom is -0.870 e. The molecule has 8 rings (SSSR count). The van der Waals surface area contributed by atoms with Gasteiger partial charge in [0, 0.05) is 27.5 Å². The first kappa shape index (κ1) is 48.6. The quantitative estimate of drug-likeness (QED) is 0.0620. The Hall–Kier alpha value is -6.76. The Morgan fingerprint density at radius 1 is 0.525 bits per heavy atom. The first-order valence-electron chi connectivity index (χ1n) is 18.7. The van der Waals surface area contributed by atoms with E-state index in [9.17, 15) is 24.3 Å². The SMILES string of the molecule is CCOC(=O)CC(=O)c1ccccc1.CCOC(=O)c1c(-c2ccccc2)oc2ccccc12.O=C(O)c1c(-c2ccccc2)oc2ccccc12.Oc1ccccc1.[Na+].[OH-].